The Labute approximate surface area is 190 Å². The van der Waals surface area contributed by atoms with E-state index < -0.39 is 12.0 Å². The van der Waals surface area contributed by atoms with Gasteiger partial charge in [-0.1, -0.05) is 36.4 Å². The van der Waals surface area contributed by atoms with Crippen molar-refractivity contribution in [2.45, 2.75) is 20.8 Å². The maximum atomic E-state index is 13.3. The van der Waals surface area contributed by atoms with Crippen LogP contribution in [0.4, 0.5) is 4.79 Å². The summed E-state index contributed by atoms with van der Waals surface area (Å²) in [5.41, 5.74) is 2.19. The molecule has 0 N–H and O–H groups in total. The third kappa shape index (κ3) is 4.27. The fourth-order valence-corrected chi connectivity index (χ4v) is 3.49. The number of hydrogen-bond acceptors (Lipinski definition) is 6. The predicted octanol–water partition coefficient (Wildman–Crippen LogP) is 4.63. The molecule has 4 rings (SSSR count). The van der Waals surface area contributed by atoms with Crippen LogP contribution in [0.2, 0.25) is 0 Å². The summed E-state index contributed by atoms with van der Waals surface area (Å²) in [6.45, 7) is 5.00. The summed E-state index contributed by atoms with van der Waals surface area (Å²) in [7, 11) is 0. The van der Waals surface area contributed by atoms with Gasteiger partial charge in [-0.15, -0.1) is 0 Å². The monoisotopic (exact) mass is 445 g/mol. The van der Waals surface area contributed by atoms with Crippen molar-refractivity contribution in [1.29, 1.82) is 0 Å². The van der Waals surface area contributed by atoms with Gasteiger partial charge in [0.05, 0.1) is 13.2 Å². The summed E-state index contributed by atoms with van der Waals surface area (Å²) < 4.78 is 11.6. The van der Waals surface area contributed by atoms with Crippen molar-refractivity contribution in [3.63, 3.8) is 0 Å². The predicted molar refractivity (Wildman–Crippen MR) is 123 cm³/mol. The zero-order valence-electron chi connectivity index (χ0n) is 18.6. The lowest BCUT2D eigenvalue weighted by Crippen LogP contribution is -2.41. The molecule has 2 aromatic carbocycles. The van der Waals surface area contributed by atoms with Crippen LogP contribution >= 0.6 is 0 Å². The van der Waals surface area contributed by atoms with Crippen molar-refractivity contribution in [3.05, 3.63) is 83.0 Å². The minimum Gasteiger partial charge on any atom is -0.618 e. The first kappa shape index (κ1) is 22.0. The Morgan fingerprint density at radius 2 is 1.91 bits per heavy atom. The van der Waals surface area contributed by atoms with Crippen molar-refractivity contribution >= 4 is 39.6 Å². The lowest BCUT2D eigenvalue weighted by molar-refractivity contribution is -0.584. The molecule has 8 nitrogen and oxygen atoms in total. The quantitative estimate of drug-likeness (QED) is 0.328. The SMILES string of the molecule is CCOC(=O)N(CC=C(C)c1cc2ccccc2o1)C(=O)c1nc2ccccc2[n+]([O-])c1C. The van der Waals surface area contributed by atoms with E-state index >= 15 is 0 Å². The van der Waals surface area contributed by atoms with E-state index in [9.17, 15) is 14.8 Å². The van der Waals surface area contributed by atoms with Gasteiger partial charge in [0.2, 0.25) is 11.2 Å². The molecule has 2 heterocycles. The van der Waals surface area contributed by atoms with E-state index in [1.54, 1.807) is 37.3 Å². The summed E-state index contributed by atoms with van der Waals surface area (Å²) in [5.74, 6) is -0.0835. The fraction of sp³-hybridized carbons (Fsp3) is 0.200. The third-order valence-electron chi connectivity index (χ3n) is 5.31. The number of allylic oxidation sites excluding steroid dienone is 1. The summed E-state index contributed by atoms with van der Waals surface area (Å²) in [5, 5.41) is 13.6. The molecule has 0 radical (unpaired) electrons. The van der Waals surface area contributed by atoms with Crippen LogP contribution in [-0.4, -0.2) is 35.0 Å². The minimum absolute atomic E-state index is 0.0760. The lowest BCUT2D eigenvalue weighted by Gasteiger charge is -2.19. The van der Waals surface area contributed by atoms with Gasteiger partial charge in [0.25, 0.3) is 5.91 Å². The number of rotatable bonds is 5. The van der Waals surface area contributed by atoms with Gasteiger partial charge in [-0.25, -0.2) is 14.7 Å². The number of aromatic nitrogens is 2. The summed E-state index contributed by atoms with van der Waals surface area (Å²) in [6, 6.07) is 16.2. The number of para-hydroxylation sites is 3. The molecule has 0 fully saturated rings. The number of fused-ring (bicyclic) bond motifs is 2. The second kappa shape index (κ2) is 9.12. The molecule has 0 bridgehead atoms. The molecule has 0 aliphatic carbocycles. The van der Waals surface area contributed by atoms with E-state index in [1.165, 1.54) is 6.92 Å². The van der Waals surface area contributed by atoms with Crippen LogP contribution in [0, 0.1) is 12.1 Å². The normalized spacial score (nSPS) is 11.7. The average molecular weight is 445 g/mol. The molecule has 0 saturated heterocycles. The Hall–Kier alpha value is -4.20. The Morgan fingerprint density at radius 3 is 2.67 bits per heavy atom. The number of carbonyl (C=O) groups is 2. The van der Waals surface area contributed by atoms with Crippen molar-refractivity contribution in [1.82, 2.24) is 9.88 Å². The van der Waals surface area contributed by atoms with E-state index in [0.717, 1.165) is 21.4 Å². The topological polar surface area (TPSA) is 99.6 Å². The second-order valence-corrected chi connectivity index (χ2v) is 7.48. The van der Waals surface area contributed by atoms with Gasteiger partial charge >= 0.3 is 6.09 Å². The number of benzene rings is 2. The van der Waals surface area contributed by atoms with Crippen LogP contribution in [-0.2, 0) is 4.74 Å². The molecule has 168 valence electrons. The van der Waals surface area contributed by atoms with E-state index in [2.05, 4.69) is 4.98 Å². The van der Waals surface area contributed by atoms with Gasteiger partial charge in [0, 0.05) is 18.4 Å². The van der Waals surface area contributed by atoms with Crippen LogP contribution in [0.3, 0.4) is 0 Å². The Balaban J connectivity index is 1.68. The van der Waals surface area contributed by atoms with Crippen LogP contribution in [0.15, 0.2) is 65.1 Å². The van der Waals surface area contributed by atoms with Crippen molar-refractivity contribution in [3.8, 4) is 0 Å². The number of ether oxygens (including phenoxy) is 1. The third-order valence-corrected chi connectivity index (χ3v) is 5.31. The smallest absolute Gasteiger partial charge is 0.417 e. The number of hydrogen-bond donors (Lipinski definition) is 0. The maximum Gasteiger partial charge on any atom is 0.417 e. The molecule has 2 aromatic heterocycles. The molecule has 2 amide bonds. The van der Waals surface area contributed by atoms with E-state index in [0.29, 0.717) is 21.5 Å². The maximum absolute atomic E-state index is 13.3. The molecule has 8 heteroatoms. The summed E-state index contributed by atoms with van der Waals surface area (Å²) >= 11 is 0. The van der Waals surface area contributed by atoms with E-state index in [1.807, 2.05) is 37.3 Å². The molecular weight excluding hydrogens is 422 g/mol. The van der Waals surface area contributed by atoms with Gasteiger partial charge in [0.1, 0.15) is 16.9 Å². The Bertz CT molecular complexity index is 1360. The highest BCUT2D eigenvalue weighted by atomic mass is 16.6. The molecule has 0 aliphatic heterocycles. The lowest BCUT2D eigenvalue weighted by atomic mass is 10.2. The standard InChI is InChI=1S/C25H23N3O5/c1-4-32-25(30)27(14-13-16(2)22-15-18-9-5-8-12-21(18)33-22)24(29)23-17(3)28(31)20-11-7-6-10-19(20)26-23/h5-13,15H,4,14H2,1-3H3. The second-order valence-electron chi connectivity index (χ2n) is 7.48. The summed E-state index contributed by atoms with van der Waals surface area (Å²) in [4.78, 5) is 31.2. The molecule has 0 saturated carbocycles. The van der Waals surface area contributed by atoms with Crippen LogP contribution in [0.5, 0.6) is 0 Å². The molecule has 0 atom stereocenters. The van der Waals surface area contributed by atoms with Gasteiger partial charge in [-0.05, 0) is 37.6 Å². The largest absolute Gasteiger partial charge is 0.618 e. The van der Waals surface area contributed by atoms with Crippen LogP contribution in [0.1, 0.15) is 35.8 Å². The fourth-order valence-electron chi connectivity index (χ4n) is 3.49. The van der Waals surface area contributed by atoms with Gasteiger partial charge in [0.15, 0.2) is 5.69 Å². The molecule has 0 aliphatic rings. The molecule has 4 aromatic rings. The molecular formula is C25H23N3O5. The van der Waals surface area contributed by atoms with Gasteiger partial charge < -0.3 is 14.4 Å². The highest BCUT2D eigenvalue weighted by Gasteiger charge is 2.30. The zero-order valence-corrected chi connectivity index (χ0v) is 18.6. The summed E-state index contributed by atoms with van der Waals surface area (Å²) in [6.07, 6.45) is 0.886. The van der Waals surface area contributed by atoms with Crippen molar-refractivity contribution in [2.24, 2.45) is 0 Å². The Kier molecular flexibility index (Phi) is 6.08. The highest BCUT2D eigenvalue weighted by molar-refractivity contribution is 6.03. The highest BCUT2D eigenvalue weighted by Crippen LogP contribution is 2.24. The zero-order chi connectivity index (χ0) is 23.5. The van der Waals surface area contributed by atoms with Gasteiger partial charge in [-0.3, -0.25) is 4.79 Å². The van der Waals surface area contributed by atoms with Crippen LogP contribution < -0.4 is 4.73 Å². The molecule has 33 heavy (non-hydrogen) atoms. The first-order chi connectivity index (χ1) is 15.9. The Morgan fingerprint density at radius 1 is 1.18 bits per heavy atom. The van der Waals surface area contributed by atoms with E-state index in [4.69, 9.17) is 9.15 Å². The number of amides is 2. The first-order valence-electron chi connectivity index (χ1n) is 10.5. The van der Waals surface area contributed by atoms with Gasteiger partial charge in [-0.2, -0.15) is 4.73 Å². The number of nitrogens with zero attached hydrogens (tertiary/aromatic N) is 3. The minimum atomic E-state index is -0.817. The first-order valence-corrected chi connectivity index (χ1v) is 10.5. The number of imide groups is 1. The van der Waals surface area contributed by atoms with Crippen LogP contribution in [0.25, 0.3) is 27.6 Å². The number of carbonyl (C=O) groups excluding carboxylic acids is 2. The average Bonchev–Trinajstić information content (AvgIpc) is 3.26. The van der Waals surface area contributed by atoms with Crippen molar-refractivity contribution in [2.75, 3.05) is 13.2 Å². The van der Waals surface area contributed by atoms with Crippen molar-refractivity contribution < 1.29 is 23.5 Å². The van der Waals surface area contributed by atoms with E-state index in [-0.39, 0.29) is 24.5 Å². The molecule has 0 unspecified atom stereocenters. The number of furan rings is 1. The molecule has 0 spiro atoms.